The number of nitrogens with two attached hydrogens (primary N) is 2. The average molecular weight is 487 g/mol. The topological polar surface area (TPSA) is 149 Å². The van der Waals surface area contributed by atoms with Crippen LogP contribution in [0.4, 0.5) is 17.1 Å². The molecular weight excluding hydrogens is 470 g/mol. The van der Waals surface area contributed by atoms with Crippen molar-refractivity contribution in [2.24, 2.45) is 0 Å². The maximum atomic E-state index is 13.8. The van der Waals surface area contributed by atoms with Crippen molar-refractivity contribution in [2.45, 2.75) is 0 Å². The van der Waals surface area contributed by atoms with Gasteiger partial charge in [-0.3, -0.25) is 24.0 Å². The van der Waals surface area contributed by atoms with E-state index in [2.05, 4.69) is 5.32 Å². The van der Waals surface area contributed by atoms with Crippen molar-refractivity contribution < 1.29 is 24.0 Å². The summed E-state index contributed by atoms with van der Waals surface area (Å²) in [5.74, 6) is -1.87. The van der Waals surface area contributed by atoms with Crippen molar-refractivity contribution in [1.82, 2.24) is 0 Å². The molecule has 0 fully saturated rings. The molecule has 8 heteroatoms. The molecule has 0 saturated carbocycles. The van der Waals surface area contributed by atoms with E-state index in [9.17, 15) is 24.0 Å². The molecular formula is C29H17N3O5. The second kappa shape index (κ2) is 7.82. The van der Waals surface area contributed by atoms with Crippen molar-refractivity contribution in [3.63, 3.8) is 0 Å². The third kappa shape index (κ3) is 2.93. The van der Waals surface area contributed by atoms with E-state index in [0.717, 1.165) is 0 Å². The minimum absolute atomic E-state index is 0.00723. The van der Waals surface area contributed by atoms with Crippen LogP contribution in [-0.2, 0) is 4.79 Å². The maximum absolute atomic E-state index is 13.8. The Morgan fingerprint density at radius 3 is 1.70 bits per heavy atom. The number of hydrogen-bond donors (Lipinski definition) is 3. The quantitative estimate of drug-likeness (QED) is 0.255. The molecule has 0 saturated heterocycles. The summed E-state index contributed by atoms with van der Waals surface area (Å²) < 4.78 is 0. The zero-order valence-electron chi connectivity index (χ0n) is 19.1. The zero-order valence-corrected chi connectivity index (χ0v) is 19.1. The molecule has 0 radical (unpaired) electrons. The third-order valence-electron chi connectivity index (χ3n) is 6.84. The Morgan fingerprint density at radius 1 is 0.486 bits per heavy atom. The van der Waals surface area contributed by atoms with Crippen LogP contribution < -0.4 is 16.8 Å². The number of benzene rings is 4. The molecule has 0 aliphatic heterocycles. The molecule has 0 unspecified atom stereocenters. The van der Waals surface area contributed by atoms with Gasteiger partial charge in [-0.2, -0.15) is 0 Å². The summed E-state index contributed by atoms with van der Waals surface area (Å²) in [6.07, 6.45) is 0.417. The summed E-state index contributed by atoms with van der Waals surface area (Å²) in [6.45, 7) is 0. The lowest BCUT2D eigenvalue weighted by Gasteiger charge is -2.26. The Bertz CT molecular complexity index is 1770. The molecule has 178 valence electrons. The Balaban J connectivity index is 1.69. The fourth-order valence-corrected chi connectivity index (χ4v) is 5.23. The van der Waals surface area contributed by atoms with Crippen LogP contribution in [0.1, 0.15) is 63.7 Å². The van der Waals surface area contributed by atoms with Gasteiger partial charge in [-0.15, -0.1) is 0 Å². The highest BCUT2D eigenvalue weighted by Gasteiger charge is 2.38. The first kappa shape index (κ1) is 22.1. The van der Waals surface area contributed by atoms with Gasteiger partial charge in [-0.25, -0.2) is 0 Å². The van der Waals surface area contributed by atoms with Crippen LogP contribution in [-0.4, -0.2) is 29.5 Å². The molecule has 2 aliphatic rings. The number of rotatable bonds is 3. The standard InChI is InChI=1S/C29H17N3O5/c30-18-7-3-6-17-21(18)29(37)22-13(8-10-19(31)24(22)28(17)36)14-9-11-20(32-12-33)25-23(14)26(34)15-4-1-2-5-16(15)27(25)35/h1-12H,30-31H2,(H,32,33). The molecule has 0 spiro atoms. The Labute approximate surface area is 209 Å². The molecule has 0 bridgehead atoms. The molecule has 0 heterocycles. The van der Waals surface area contributed by atoms with Crippen molar-refractivity contribution in [1.29, 1.82) is 0 Å². The van der Waals surface area contributed by atoms with Gasteiger partial charge in [0, 0.05) is 39.2 Å². The summed E-state index contributed by atoms with van der Waals surface area (Å²) in [6, 6.07) is 17.1. The van der Waals surface area contributed by atoms with Gasteiger partial charge in [0.15, 0.2) is 23.1 Å². The van der Waals surface area contributed by atoms with E-state index in [4.69, 9.17) is 11.5 Å². The van der Waals surface area contributed by atoms with E-state index in [1.165, 1.54) is 30.3 Å². The van der Waals surface area contributed by atoms with Gasteiger partial charge in [0.1, 0.15) is 0 Å². The summed E-state index contributed by atoms with van der Waals surface area (Å²) >= 11 is 0. The molecule has 1 amide bonds. The number of fused-ring (bicyclic) bond motifs is 4. The van der Waals surface area contributed by atoms with Gasteiger partial charge < -0.3 is 16.8 Å². The summed E-state index contributed by atoms with van der Waals surface area (Å²) in [5, 5.41) is 2.49. The Kier molecular flexibility index (Phi) is 4.68. The number of amides is 1. The molecule has 2 aliphatic carbocycles. The van der Waals surface area contributed by atoms with Crippen LogP contribution in [0.3, 0.4) is 0 Å². The van der Waals surface area contributed by atoms with Gasteiger partial charge >= 0.3 is 0 Å². The fraction of sp³-hybridized carbons (Fsp3) is 0. The van der Waals surface area contributed by atoms with Crippen molar-refractivity contribution in [3.8, 4) is 11.1 Å². The highest BCUT2D eigenvalue weighted by Crippen LogP contribution is 2.43. The first-order chi connectivity index (χ1) is 17.8. The van der Waals surface area contributed by atoms with E-state index < -0.39 is 23.1 Å². The highest BCUT2D eigenvalue weighted by atomic mass is 16.1. The average Bonchev–Trinajstić information content (AvgIpc) is 2.90. The third-order valence-corrected chi connectivity index (χ3v) is 6.84. The lowest BCUT2D eigenvalue weighted by Crippen LogP contribution is -2.26. The second-order valence-electron chi connectivity index (χ2n) is 8.76. The number of anilines is 3. The van der Waals surface area contributed by atoms with E-state index in [0.29, 0.717) is 6.41 Å². The van der Waals surface area contributed by atoms with Crippen LogP contribution in [0.5, 0.6) is 0 Å². The van der Waals surface area contributed by atoms with Crippen LogP contribution in [0, 0.1) is 0 Å². The lowest BCUT2D eigenvalue weighted by molar-refractivity contribution is -0.105. The van der Waals surface area contributed by atoms with Crippen molar-refractivity contribution >= 4 is 46.6 Å². The molecule has 6 rings (SSSR count). The number of carbonyl (C=O) groups excluding carboxylic acids is 5. The van der Waals surface area contributed by atoms with Gasteiger partial charge in [-0.1, -0.05) is 48.5 Å². The lowest BCUT2D eigenvalue weighted by atomic mass is 9.75. The number of ketones is 4. The fourth-order valence-electron chi connectivity index (χ4n) is 5.23. The van der Waals surface area contributed by atoms with E-state index in [1.54, 1.807) is 36.4 Å². The second-order valence-corrected chi connectivity index (χ2v) is 8.76. The molecule has 8 nitrogen and oxygen atoms in total. The predicted molar refractivity (Wildman–Crippen MR) is 137 cm³/mol. The summed E-state index contributed by atoms with van der Waals surface area (Å²) in [7, 11) is 0. The van der Waals surface area contributed by atoms with Crippen LogP contribution >= 0.6 is 0 Å². The molecule has 0 atom stereocenters. The Morgan fingerprint density at radius 2 is 1.03 bits per heavy atom. The van der Waals surface area contributed by atoms with Crippen LogP contribution in [0.2, 0.25) is 0 Å². The maximum Gasteiger partial charge on any atom is 0.211 e. The SMILES string of the molecule is Nc1cccc2c1C(=O)c1c(-c3ccc(NC=O)c4c3C(=O)c3ccccc3C4=O)ccc(N)c1C2=O. The van der Waals surface area contributed by atoms with Gasteiger partial charge in [0.2, 0.25) is 6.41 Å². The highest BCUT2D eigenvalue weighted by molar-refractivity contribution is 6.35. The molecule has 0 aromatic heterocycles. The monoisotopic (exact) mass is 487 g/mol. The van der Waals surface area contributed by atoms with Gasteiger partial charge in [0.25, 0.3) is 0 Å². The summed E-state index contributed by atoms with van der Waals surface area (Å²) in [4.78, 5) is 65.9. The van der Waals surface area contributed by atoms with E-state index in [-0.39, 0.29) is 72.7 Å². The minimum atomic E-state index is -0.510. The number of hydrogen-bond acceptors (Lipinski definition) is 7. The predicted octanol–water partition coefficient (Wildman–Crippen LogP) is 3.64. The first-order valence-electron chi connectivity index (χ1n) is 11.3. The smallest absolute Gasteiger partial charge is 0.211 e. The number of carbonyl (C=O) groups is 5. The zero-order chi connectivity index (χ0) is 26.0. The van der Waals surface area contributed by atoms with Crippen LogP contribution in [0.15, 0.2) is 66.7 Å². The first-order valence-corrected chi connectivity index (χ1v) is 11.3. The molecule has 4 aromatic rings. The number of nitrogens with one attached hydrogen (secondary N) is 1. The summed E-state index contributed by atoms with van der Waals surface area (Å²) in [5.41, 5.74) is 13.8. The Hall–Kier alpha value is -5.37. The number of nitrogen functional groups attached to an aromatic ring is 2. The molecule has 5 N–H and O–H groups in total. The van der Waals surface area contributed by atoms with Crippen molar-refractivity contribution in [3.05, 3.63) is 111 Å². The van der Waals surface area contributed by atoms with Crippen molar-refractivity contribution in [2.75, 3.05) is 16.8 Å². The van der Waals surface area contributed by atoms with Gasteiger partial charge in [0.05, 0.1) is 22.4 Å². The molecule has 4 aromatic carbocycles. The molecule has 37 heavy (non-hydrogen) atoms. The largest absolute Gasteiger partial charge is 0.398 e. The van der Waals surface area contributed by atoms with E-state index >= 15 is 0 Å². The minimum Gasteiger partial charge on any atom is -0.398 e. The normalized spacial score (nSPS) is 13.4. The van der Waals surface area contributed by atoms with Gasteiger partial charge in [-0.05, 0) is 29.3 Å². The van der Waals surface area contributed by atoms with E-state index in [1.807, 2.05) is 0 Å². The van der Waals surface area contributed by atoms with Crippen LogP contribution in [0.25, 0.3) is 11.1 Å².